The summed E-state index contributed by atoms with van der Waals surface area (Å²) in [6, 6.07) is 5.44. The van der Waals surface area contributed by atoms with Crippen LogP contribution in [-0.4, -0.2) is 72.0 Å². The number of imidazole rings is 1. The van der Waals surface area contributed by atoms with Crippen molar-refractivity contribution in [1.82, 2.24) is 24.9 Å². The van der Waals surface area contributed by atoms with E-state index in [9.17, 15) is 9.59 Å². The maximum Gasteiger partial charge on any atom is 0.287 e. The normalized spacial score (nSPS) is 15.2. The number of nitrogens with zero attached hydrogens (tertiary/aromatic N) is 3. The smallest absolute Gasteiger partial charge is 0.287 e. The monoisotopic (exact) mass is 373 g/mol. The zero-order chi connectivity index (χ0) is 19.2. The number of carbonyl (C=O) groups is 2. The first-order chi connectivity index (χ1) is 13.1. The number of hydrogen-bond donors (Lipinski definition) is 2. The molecule has 3 rings (SSSR count). The lowest BCUT2D eigenvalue weighted by Gasteiger charge is -2.26. The third kappa shape index (κ3) is 4.84. The van der Waals surface area contributed by atoms with Crippen LogP contribution in [0.4, 0.5) is 0 Å². The Hall–Kier alpha value is -2.45. The summed E-state index contributed by atoms with van der Waals surface area (Å²) in [5.41, 5.74) is 0.895. The van der Waals surface area contributed by atoms with Crippen molar-refractivity contribution in [2.24, 2.45) is 5.92 Å². The summed E-state index contributed by atoms with van der Waals surface area (Å²) in [6.45, 7) is 9.12. The second-order valence-electron chi connectivity index (χ2n) is 7.05. The Morgan fingerprint density at radius 2 is 1.96 bits per heavy atom. The Labute approximate surface area is 158 Å². The Morgan fingerprint density at radius 3 is 2.70 bits per heavy atom. The van der Waals surface area contributed by atoms with E-state index in [1.165, 1.54) is 0 Å². The molecule has 8 heteroatoms. The van der Waals surface area contributed by atoms with Gasteiger partial charge in [0.15, 0.2) is 5.69 Å². The van der Waals surface area contributed by atoms with E-state index in [1.807, 2.05) is 26.0 Å². The molecule has 0 atom stereocenters. The lowest BCUT2D eigenvalue weighted by molar-refractivity contribution is 0.0383. The highest BCUT2D eigenvalue weighted by atomic mass is 16.5. The van der Waals surface area contributed by atoms with Crippen LogP contribution in [0.1, 0.15) is 35.0 Å². The van der Waals surface area contributed by atoms with Crippen molar-refractivity contribution in [3.05, 3.63) is 35.9 Å². The van der Waals surface area contributed by atoms with E-state index in [2.05, 4.69) is 20.5 Å². The first kappa shape index (κ1) is 19.3. The number of morpholine rings is 1. The van der Waals surface area contributed by atoms with Crippen molar-refractivity contribution in [3.63, 3.8) is 0 Å². The number of pyridine rings is 1. The highest BCUT2D eigenvalue weighted by Crippen LogP contribution is 2.13. The minimum atomic E-state index is -0.285. The average molecular weight is 373 g/mol. The molecule has 1 aliphatic heterocycles. The van der Waals surface area contributed by atoms with E-state index >= 15 is 0 Å². The molecule has 2 N–H and O–H groups in total. The fraction of sp³-hybridized carbons (Fsp3) is 0.526. The molecule has 0 unspecified atom stereocenters. The second kappa shape index (κ2) is 8.96. The van der Waals surface area contributed by atoms with E-state index in [4.69, 9.17) is 4.74 Å². The van der Waals surface area contributed by atoms with Gasteiger partial charge in [-0.1, -0.05) is 19.9 Å². The SMILES string of the molecule is CC(C)CNC(=O)c1nc(C(=O)NCCN2CCOCC2)n2ccccc12. The zero-order valence-corrected chi connectivity index (χ0v) is 15.9. The molecule has 2 aromatic heterocycles. The number of fused-ring (bicyclic) bond motifs is 1. The predicted molar refractivity (Wildman–Crippen MR) is 102 cm³/mol. The molecular weight excluding hydrogens is 346 g/mol. The molecule has 0 bridgehead atoms. The molecule has 1 saturated heterocycles. The van der Waals surface area contributed by atoms with E-state index in [1.54, 1.807) is 16.7 Å². The second-order valence-corrected chi connectivity index (χ2v) is 7.05. The summed E-state index contributed by atoms with van der Waals surface area (Å²) < 4.78 is 6.99. The molecule has 0 aliphatic carbocycles. The zero-order valence-electron chi connectivity index (χ0n) is 15.9. The van der Waals surface area contributed by atoms with Gasteiger partial charge in [-0.3, -0.25) is 18.9 Å². The standard InChI is InChI=1S/C19H27N5O3/c1-14(2)13-21-18(25)16-15-5-3-4-7-24(15)17(22-16)19(26)20-6-8-23-9-11-27-12-10-23/h3-5,7,14H,6,8-13H2,1-2H3,(H,20,26)(H,21,25). The molecule has 1 aliphatic rings. The van der Waals surface area contributed by atoms with E-state index in [0.29, 0.717) is 24.5 Å². The van der Waals surface area contributed by atoms with Crippen molar-refractivity contribution < 1.29 is 14.3 Å². The summed E-state index contributed by atoms with van der Waals surface area (Å²) in [7, 11) is 0. The third-order valence-electron chi connectivity index (χ3n) is 4.45. The van der Waals surface area contributed by atoms with Crippen LogP contribution in [0.25, 0.3) is 5.52 Å². The fourth-order valence-electron chi connectivity index (χ4n) is 2.98. The highest BCUT2D eigenvalue weighted by Gasteiger charge is 2.21. The first-order valence-corrected chi connectivity index (χ1v) is 9.40. The Bertz CT molecular complexity index is 796. The minimum Gasteiger partial charge on any atom is -0.379 e. The van der Waals surface area contributed by atoms with Crippen LogP contribution in [0.2, 0.25) is 0 Å². The molecule has 0 radical (unpaired) electrons. The first-order valence-electron chi connectivity index (χ1n) is 9.40. The van der Waals surface area contributed by atoms with Crippen LogP contribution >= 0.6 is 0 Å². The lowest BCUT2D eigenvalue weighted by Crippen LogP contribution is -2.41. The van der Waals surface area contributed by atoms with Gasteiger partial charge in [-0.15, -0.1) is 0 Å². The molecule has 0 saturated carbocycles. The summed E-state index contributed by atoms with van der Waals surface area (Å²) >= 11 is 0. The molecule has 0 aromatic carbocycles. The number of aromatic nitrogens is 2. The van der Waals surface area contributed by atoms with Gasteiger partial charge in [-0.2, -0.15) is 0 Å². The van der Waals surface area contributed by atoms with E-state index in [-0.39, 0.29) is 23.3 Å². The van der Waals surface area contributed by atoms with Crippen LogP contribution < -0.4 is 10.6 Å². The van der Waals surface area contributed by atoms with Gasteiger partial charge in [0.2, 0.25) is 5.82 Å². The summed E-state index contributed by atoms with van der Waals surface area (Å²) in [5, 5.41) is 5.77. The van der Waals surface area contributed by atoms with Crippen LogP contribution in [0.3, 0.4) is 0 Å². The molecule has 2 amide bonds. The number of ether oxygens (including phenoxy) is 1. The summed E-state index contributed by atoms with van der Waals surface area (Å²) in [4.78, 5) is 31.7. The maximum absolute atomic E-state index is 12.6. The largest absolute Gasteiger partial charge is 0.379 e. The number of rotatable bonds is 7. The van der Waals surface area contributed by atoms with Crippen molar-refractivity contribution in [2.45, 2.75) is 13.8 Å². The van der Waals surface area contributed by atoms with Crippen LogP contribution in [0.5, 0.6) is 0 Å². The quantitative estimate of drug-likeness (QED) is 0.749. The van der Waals surface area contributed by atoms with Gasteiger partial charge in [0.05, 0.1) is 18.7 Å². The Morgan fingerprint density at radius 1 is 1.19 bits per heavy atom. The van der Waals surface area contributed by atoms with E-state index in [0.717, 1.165) is 32.8 Å². The molecule has 3 heterocycles. The lowest BCUT2D eigenvalue weighted by atomic mass is 10.2. The van der Waals surface area contributed by atoms with Gasteiger partial charge in [0.25, 0.3) is 11.8 Å². The predicted octanol–water partition coefficient (Wildman–Crippen LogP) is 0.782. The number of amides is 2. The minimum absolute atomic E-state index is 0.224. The third-order valence-corrected chi connectivity index (χ3v) is 4.45. The van der Waals surface area contributed by atoms with Gasteiger partial charge >= 0.3 is 0 Å². The maximum atomic E-state index is 12.6. The topological polar surface area (TPSA) is 88.0 Å². The molecular formula is C19H27N5O3. The summed E-state index contributed by atoms with van der Waals surface area (Å²) in [5.74, 6) is 0.0141. The van der Waals surface area contributed by atoms with Crippen LogP contribution in [-0.2, 0) is 4.74 Å². The molecule has 0 spiro atoms. The molecule has 8 nitrogen and oxygen atoms in total. The van der Waals surface area contributed by atoms with Crippen molar-refractivity contribution in [2.75, 3.05) is 45.9 Å². The van der Waals surface area contributed by atoms with Crippen molar-refractivity contribution in [1.29, 1.82) is 0 Å². The Kier molecular flexibility index (Phi) is 6.41. The van der Waals surface area contributed by atoms with Gasteiger partial charge in [-0.25, -0.2) is 4.98 Å². The molecule has 1 fully saturated rings. The number of carbonyl (C=O) groups excluding carboxylic acids is 2. The molecule has 2 aromatic rings. The van der Waals surface area contributed by atoms with E-state index < -0.39 is 0 Å². The number of nitrogens with one attached hydrogen (secondary N) is 2. The van der Waals surface area contributed by atoms with Crippen molar-refractivity contribution in [3.8, 4) is 0 Å². The van der Waals surface area contributed by atoms with Gasteiger partial charge in [-0.05, 0) is 18.1 Å². The highest BCUT2D eigenvalue weighted by molar-refractivity contribution is 6.02. The summed E-state index contributed by atoms with van der Waals surface area (Å²) in [6.07, 6.45) is 1.75. The van der Waals surface area contributed by atoms with Gasteiger partial charge in [0.1, 0.15) is 0 Å². The average Bonchev–Trinajstić information content (AvgIpc) is 3.07. The number of hydrogen-bond acceptors (Lipinski definition) is 5. The van der Waals surface area contributed by atoms with Crippen LogP contribution in [0.15, 0.2) is 24.4 Å². The van der Waals surface area contributed by atoms with Crippen LogP contribution in [0, 0.1) is 5.92 Å². The molecule has 146 valence electrons. The van der Waals surface area contributed by atoms with Gasteiger partial charge < -0.3 is 15.4 Å². The Balaban J connectivity index is 1.69. The molecule has 27 heavy (non-hydrogen) atoms. The van der Waals surface area contributed by atoms with Crippen molar-refractivity contribution >= 4 is 17.3 Å². The fourth-order valence-corrected chi connectivity index (χ4v) is 2.98. The van der Waals surface area contributed by atoms with Gasteiger partial charge in [0, 0.05) is 38.9 Å².